The number of likely N-dealkylation sites (tertiary alicyclic amines) is 1. The van der Waals surface area contributed by atoms with Gasteiger partial charge in [0.1, 0.15) is 24.3 Å². The first-order valence-electron chi connectivity index (χ1n) is 22.4. The number of nitrogens with zero attached hydrogens (tertiary/aromatic N) is 5. The van der Waals surface area contributed by atoms with Crippen LogP contribution < -0.4 is 14.8 Å². The Morgan fingerprint density at radius 3 is 2.61 bits per heavy atom. The van der Waals surface area contributed by atoms with Gasteiger partial charge in [0, 0.05) is 69.0 Å². The fourth-order valence-electron chi connectivity index (χ4n) is 11.4. The Morgan fingerprint density at radius 2 is 1.92 bits per heavy atom. The second kappa shape index (κ2) is 17.5. The Bertz CT molecular complexity index is 2200. The number of carbonyl (C=O) groups excluding carboxylic acids is 1. The molecule has 2 aromatic carbocycles. The first kappa shape index (κ1) is 44.1. The number of benzene rings is 2. The van der Waals surface area contributed by atoms with Gasteiger partial charge in [-0.3, -0.25) is 14.6 Å². The van der Waals surface area contributed by atoms with E-state index in [0.29, 0.717) is 58.6 Å². The van der Waals surface area contributed by atoms with Crippen LogP contribution in [0.25, 0.3) is 10.8 Å². The summed E-state index contributed by atoms with van der Waals surface area (Å²) in [5.74, 6) is 2.21. The average molecular weight is 857 g/mol. The summed E-state index contributed by atoms with van der Waals surface area (Å²) in [6.07, 6.45) is 13.6. The number of likely N-dealkylation sites (N-methyl/N-ethyl adjacent to an activating group) is 1. The van der Waals surface area contributed by atoms with Gasteiger partial charge in [-0.15, -0.1) is 6.42 Å². The summed E-state index contributed by atoms with van der Waals surface area (Å²) < 4.78 is 49.8. The average Bonchev–Trinajstić information content (AvgIpc) is 3.89. The Kier molecular flexibility index (Phi) is 12.5. The number of phenols is 1. The van der Waals surface area contributed by atoms with Gasteiger partial charge in [0.05, 0.1) is 47.8 Å². The Morgan fingerprint density at radius 1 is 1.18 bits per heavy atom. The Balaban J connectivity index is 1.12. The number of halogens is 2. The number of hydrogen-bond donors (Lipinski definition) is 3. The molecule has 12 nitrogen and oxygen atoms in total. The van der Waals surface area contributed by atoms with Crippen molar-refractivity contribution in [2.75, 3.05) is 58.4 Å². The van der Waals surface area contributed by atoms with Crippen LogP contribution in [0.3, 0.4) is 0 Å². The van der Waals surface area contributed by atoms with Gasteiger partial charge in [-0.2, -0.15) is 9.97 Å². The summed E-state index contributed by atoms with van der Waals surface area (Å²) in [6.45, 7) is 12.4. The van der Waals surface area contributed by atoms with Crippen molar-refractivity contribution in [3.05, 3.63) is 59.6 Å². The van der Waals surface area contributed by atoms with E-state index in [1.165, 1.54) is 12.1 Å². The number of nitrogens with one attached hydrogen (secondary N) is 1. The summed E-state index contributed by atoms with van der Waals surface area (Å²) in [5, 5.41) is 27.4. The molecule has 334 valence electrons. The molecule has 5 aliphatic rings. The van der Waals surface area contributed by atoms with Gasteiger partial charge in [-0.05, 0) is 94.5 Å². The monoisotopic (exact) mass is 856 g/mol. The number of amides is 1. The lowest BCUT2D eigenvalue weighted by molar-refractivity contribution is -0.129. The van der Waals surface area contributed by atoms with Crippen molar-refractivity contribution in [3.8, 4) is 29.9 Å². The van der Waals surface area contributed by atoms with Crippen molar-refractivity contribution in [2.45, 2.75) is 132 Å². The van der Waals surface area contributed by atoms with E-state index in [1.54, 1.807) is 44.0 Å². The third kappa shape index (κ3) is 8.22. The van der Waals surface area contributed by atoms with E-state index in [0.717, 1.165) is 71.1 Å². The highest BCUT2D eigenvalue weighted by atomic mass is 19.1. The number of carbonyl (C=O) groups is 1. The number of aliphatic hydroxyl groups is 1. The first-order valence-corrected chi connectivity index (χ1v) is 22.4. The molecule has 2 aliphatic carbocycles. The first-order chi connectivity index (χ1) is 29.7. The van der Waals surface area contributed by atoms with Crippen LogP contribution in [0.2, 0.25) is 0 Å². The van der Waals surface area contributed by atoms with E-state index in [9.17, 15) is 15.0 Å². The van der Waals surface area contributed by atoms with E-state index in [1.807, 2.05) is 0 Å². The molecular formula is C48H62F2N6O6. The summed E-state index contributed by atoms with van der Waals surface area (Å²) in [5.41, 5.74) is -1.70. The van der Waals surface area contributed by atoms with E-state index in [4.69, 9.17) is 30.6 Å². The summed E-state index contributed by atoms with van der Waals surface area (Å²) in [4.78, 5) is 29.2. The number of rotatable bonds is 12. The molecule has 2 saturated heterocycles. The lowest BCUT2D eigenvalue weighted by Crippen LogP contribution is -2.65. The summed E-state index contributed by atoms with van der Waals surface area (Å²) in [7, 11) is 1.80. The lowest BCUT2D eigenvalue weighted by atomic mass is 9.78. The number of aromatic nitrogens is 2. The van der Waals surface area contributed by atoms with Crippen LogP contribution in [0.1, 0.15) is 101 Å². The van der Waals surface area contributed by atoms with Crippen molar-refractivity contribution in [3.63, 3.8) is 0 Å². The van der Waals surface area contributed by atoms with Crippen molar-refractivity contribution in [1.29, 1.82) is 0 Å². The number of fused-ring (bicyclic) bond motifs is 2. The minimum absolute atomic E-state index is 0.00957. The molecule has 1 amide bonds. The number of ether oxygens (including phenoxy) is 3. The van der Waals surface area contributed by atoms with Crippen molar-refractivity contribution >= 4 is 22.5 Å². The molecule has 0 spiro atoms. The predicted molar refractivity (Wildman–Crippen MR) is 234 cm³/mol. The number of anilines is 1. The molecule has 0 bridgehead atoms. The second-order valence-electron chi connectivity index (χ2n) is 18.9. The zero-order valence-corrected chi connectivity index (χ0v) is 36.6. The van der Waals surface area contributed by atoms with Gasteiger partial charge in [-0.1, -0.05) is 31.4 Å². The van der Waals surface area contributed by atoms with Crippen LogP contribution in [0.15, 0.2) is 36.9 Å². The van der Waals surface area contributed by atoms with Gasteiger partial charge in [-0.25, -0.2) is 8.78 Å². The van der Waals surface area contributed by atoms with Crippen LogP contribution >= 0.6 is 0 Å². The molecule has 3 aromatic rings. The van der Waals surface area contributed by atoms with E-state index in [-0.39, 0.29) is 55.5 Å². The van der Waals surface area contributed by atoms with Gasteiger partial charge in [0.25, 0.3) is 0 Å². The highest BCUT2D eigenvalue weighted by Crippen LogP contribution is 2.46. The number of morpholine rings is 1. The predicted octanol–water partition coefficient (Wildman–Crippen LogP) is 6.51. The normalized spacial score (nSPS) is 27.9. The molecule has 1 aromatic heterocycles. The van der Waals surface area contributed by atoms with Crippen LogP contribution in [0.5, 0.6) is 17.5 Å². The molecule has 0 unspecified atom stereocenters. The van der Waals surface area contributed by atoms with Crippen molar-refractivity contribution in [2.24, 2.45) is 0 Å². The molecule has 3 N–H and O–H groups in total. The maximum Gasteiger partial charge on any atom is 0.318 e. The van der Waals surface area contributed by atoms with Crippen LogP contribution in [0, 0.1) is 18.2 Å². The zero-order valence-electron chi connectivity index (χ0n) is 36.6. The molecular weight excluding hydrogens is 795 g/mol. The zero-order chi connectivity index (χ0) is 44.0. The van der Waals surface area contributed by atoms with Gasteiger partial charge < -0.3 is 34.6 Å². The maximum absolute atomic E-state index is 15.9. The molecule has 14 heteroatoms. The molecule has 0 radical (unpaired) electrons. The highest BCUT2D eigenvalue weighted by Gasteiger charge is 2.58. The number of phenolic OH excluding ortho intramolecular Hbond substituents is 1. The van der Waals surface area contributed by atoms with Crippen LogP contribution in [0.4, 0.5) is 14.6 Å². The molecule has 4 fully saturated rings. The molecule has 2 saturated carbocycles. The van der Waals surface area contributed by atoms with Gasteiger partial charge in [0.2, 0.25) is 5.91 Å². The standard InChI is InChI=1S/C48H62F2N6O6/c1-7-37-39(50)16-11-31-21-36(57)23-38(42(31)37)32-22-40-43(61-27-32)44(51-28-47(17-9-10-18-47)54(6)41(58)8-2)53-45(52-40)62-29-48(46(4,5)59)24-33(49)25-56(48)35-14-12-34(13-15-35)55-19-20-60-26-30(55)3/h1,8,11,16,21,23,30,32-35,57,59H,2,9-10,12-15,17-20,22,24-29H2,3-6H3,(H,51,52,53)/t30-,32-,33+,34?,35?,48-/m0/s1. The number of aromatic hydroxyl groups is 1. The highest BCUT2D eigenvalue weighted by molar-refractivity contribution is 5.93. The molecule has 4 heterocycles. The third-order valence-corrected chi connectivity index (χ3v) is 14.9. The summed E-state index contributed by atoms with van der Waals surface area (Å²) >= 11 is 0. The van der Waals surface area contributed by atoms with Gasteiger partial charge in [0.15, 0.2) is 11.6 Å². The van der Waals surface area contributed by atoms with Gasteiger partial charge >= 0.3 is 6.01 Å². The van der Waals surface area contributed by atoms with Crippen molar-refractivity contribution < 1.29 is 38.0 Å². The quantitative estimate of drug-likeness (QED) is 0.136. The number of alkyl halides is 1. The fraction of sp³-hybridized carbons (Fsp3) is 0.604. The van der Waals surface area contributed by atoms with E-state index in [2.05, 4.69) is 34.5 Å². The smallest absolute Gasteiger partial charge is 0.318 e. The minimum atomic E-state index is -1.36. The minimum Gasteiger partial charge on any atom is -0.508 e. The third-order valence-electron chi connectivity index (χ3n) is 14.9. The Hall–Kier alpha value is -4.55. The maximum atomic E-state index is 15.9. The molecule has 3 aliphatic heterocycles. The van der Waals surface area contributed by atoms with Crippen molar-refractivity contribution in [1.82, 2.24) is 24.7 Å². The Labute approximate surface area is 364 Å². The fourth-order valence-corrected chi connectivity index (χ4v) is 11.4. The number of hydrogen-bond acceptors (Lipinski definition) is 11. The molecule has 4 atom stereocenters. The lowest BCUT2D eigenvalue weighted by Gasteiger charge is -2.51. The second-order valence-corrected chi connectivity index (χ2v) is 18.9. The topological polar surface area (TPSA) is 133 Å². The van der Waals surface area contributed by atoms with Crippen LogP contribution in [-0.2, 0) is 16.0 Å². The van der Waals surface area contributed by atoms with E-state index >= 15 is 8.78 Å². The summed E-state index contributed by atoms with van der Waals surface area (Å²) in [6, 6.07) is 6.93. The van der Waals surface area contributed by atoms with Crippen LogP contribution in [-0.4, -0.2) is 135 Å². The van der Waals surface area contributed by atoms with E-state index < -0.39 is 34.6 Å². The largest absolute Gasteiger partial charge is 0.508 e. The molecule has 62 heavy (non-hydrogen) atoms. The molecule has 8 rings (SSSR count). The SMILES string of the molecule is C#Cc1c(F)ccc2cc(O)cc([C@@H]3COc4c(nc(OC[C@]5(C(C)(C)O)C[C@@H](F)CN5C5CCC(N6CCOC[C@@H]6C)CC5)nc4NCC4(N(C)C(=O)C=C)CCCC4)C3)c12. The number of terminal acetylenes is 1.